The Hall–Kier alpha value is -2.33. The van der Waals surface area contributed by atoms with Gasteiger partial charge >= 0.3 is 0 Å². The zero-order valence-corrected chi connectivity index (χ0v) is 17.7. The number of halogens is 1. The second-order valence-corrected chi connectivity index (χ2v) is 8.72. The molecular weight excluding hydrogens is 363 g/mol. The van der Waals surface area contributed by atoms with E-state index in [0.29, 0.717) is 11.3 Å². The van der Waals surface area contributed by atoms with Gasteiger partial charge in [-0.05, 0) is 92.3 Å². The third-order valence-corrected chi connectivity index (χ3v) is 6.25. The minimum absolute atomic E-state index is 0.160. The van der Waals surface area contributed by atoms with E-state index in [0.717, 1.165) is 72.2 Å². The summed E-state index contributed by atoms with van der Waals surface area (Å²) in [4.78, 5) is 0. The lowest BCUT2D eigenvalue weighted by Gasteiger charge is -2.30. The van der Waals surface area contributed by atoms with Gasteiger partial charge in [-0.1, -0.05) is 19.1 Å². The molecule has 2 aliphatic rings. The lowest BCUT2D eigenvalue weighted by atomic mass is 9.89. The number of rotatable bonds is 5. The van der Waals surface area contributed by atoms with Crippen LogP contribution in [0.2, 0.25) is 0 Å². The molecule has 154 valence electrons. The first-order valence-electron chi connectivity index (χ1n) is 10.7. The number of phenols is 1. The Labute approximate surface area is 173 Å². The molecule has 4 heteroatoms. The van der Waals surface area contributed by atoms with Crippen molar-refractivity contribution >= 4 is 5.70 Å². The van der Waals surface area contributed by atoms with Crippen molar-refractivity contribution in [3.63, 3.8) is 0 Å². The Bertz CT molecular complexity index is 956. The molecule has 2 aromatic carbocycles. The molecule has 2 N–H and O–H groups in total. The second-order valence-electron chi connectivity index (χ2n) is 8.72. The van der Waals surface area contributed by atoms with E-state index in [1.807, 2.05) is 39.0 Å². The summed E-state index contributed by atoms with van der Waals surface area (Å²) < 4.78 is 15.6. The van der Waals surface area contributed by atoms with Crippen molar-refractivity contribution in [1.82, 2.24) is 10.4 Å². The smallest absolute Gasteiger partial charge is 0.136 e. The predicted octanol–water partition coefficient (Wildman–Crippen LogP) is 5.96. The molecule has 0 spiro atoms. The van der Waals surface area contributed by atoms with Crippen LogP contribution < -0.4 is 5.43 Å². The van der Waals surface area contributed by atoms with Crippen molar-refractivity contribution in [3.8, 4) is 16.9 Å². The summed E-state index contributed by atoms with van der Waals surface area (Å²) in [6, 6.07) is 5.91. The number of aryl methyl sites for hydroxylation is 2. The second kappa shape index (κ2) is 7.83. The standard InChI is InChI=1S/C25H31FN2O/c1-15-12-16(2)25(29)22(13-15)20-14-21(19-8-9-19)24(26)23(17(20)3)18(4)27-28-10-6-5-7-11-28/h12-14,19,27,29H,4-11H2,1-3H3. The van der Waals surface area contributed by atoms with Gasteiger partial charge in [0.25, 0.3) is 0 Å². The van der Waals surface area contributed by atoms with Crippen molar-refractivity contribution in [2.75, 3.05) is 13.1 Å². The summed E-state index contributed by atoms with van der Waals surface area (Å²) in [5, 5.41) is 12.9. The maximum atomic E-state index is 15.6. The maximum Gasteiger partial charge on any atom is 0.136 e. The van der Waals surface area contributed by atoms with Crippen molar-refractivity contribution in [3.05, 3.63) is 58.4 Å². The van der Waals surface area contributed by atoms with Gasteiger partial charge in [0.1, 0.15) is 11.6 Å². The highest BCUT2D eigenvalue weighted by Crippen LogP contribution is 2.46. The lowest BCUT2D eigenvalue weighted by Crippen LogP contribution is -2.40. The number of nitrogens with zero attached hydrogens (tertiary/aromatic N) is 1. The topological polar surface area (TPSA) is 35.5 Å². The fourth-order valence-electron chi connectivity index (χ4n) is 4.52. The molecule has 0 aromatic heterocycles. The molecular formula is C25H31FN2O. The van der Waals surface area contributed by atoms with E-state index >= 15 is 4.39 Å². The quantitative estimate of drug-likeness (QED) is 0.656. The summed E-state index contributed by atoms with van der Waals surface area (Å²) in [5.41, 5.74) is 9.67. The Kier molecular flexibility index (Phi) is 5.39. The summed E-state index contributed by atoms with van der Waals surface area (Å²) in [6.45, 7) is 12.0. The number of hydrogen-bond donors (Lipinski definition) is 2. The molecule has 1 heterocycles. The minimum atomic E-state index is -0.160. The van der Waals surface area contributed by atoms with Crippen LogP contribution in [0.15, 0.2) is 24.8 Å². The number of phenolic OH excluding ortho intramolecular Hbond substituents is 1. The molecule has 0 unspecified atom stereocenters. The highest BCUT2D eigenvalue weighted by molar-refractivity contribution is 5.81. The molecule has 1 saturated heterocycles. The molecule has 1 aliphatic heterocycles. The Morgan fingerprint density at radius 3 is 2.41 bits per heavy atom. The molecule has 2 fully saturated rings. The molecule has 0 radical (unpaired) electrons. The average Bonchev–Trinajstić information content (AvgIpc) is 3.51. The van der Waals surface area contributed by atoms with Crippen LogP contribution in [0.4, 0.5) is 4.39 Å². The minimum Gasteiger partial charge on any atom is -0.507 e. The summed E-state index contributed by atoms with van der Waals surface area (Å²) in [6.07, 6.45) is 5.57. The van der Waals surface area contributed by atoms with Crippen LogP contribution in [0, 0.1) is 26.6 Å². The first kappa shape index (κ1) is 20.0. The van der Waals surface area contributed by atoms with E-state index in [4.69, 9.17) is 0 Å². The van der Waals surface area contributed by atoms with Gasteiger partial charge in [0.15, 0.2) is 0 Å². The van der Waals surface area contributed by atoms with Crippen LogP contribution in [0.25, 0.3) is 16.8 Å². The van der Waals surface area contributed by atoms with Gasteiger partial charge in [-0.25, -0.2) is 9.40 Å². The fraction of sp³-hybridized carbons (Fsp3) is 0.440. The molecule has 0 atom stereocenters. The van der Waals surface area contributed by atoms with E-state index in [1.54, 1.807) is 0 Å². The number of piperidine rings is 1. The zero-order chi connectivity index (χ0) is 20.7. The van der Waals surface area contributed by atoms with Crippen molar-refractivity contribution < 1.29 is 9.50 Å². The molecule has 2 aromatic rings. The van der Waals surface area contributed by atoms with Gasteiger partial charge < -0.3 is 10.5 Å². The molecule has 0 bridgehead atoms. The van der Waals surface area contributed by atoms with Crippen LogP contribution in [-0.4, -0.2) is 23.2 Å². The number of benzene rings is 2. The molecule has 1 saturated carbocycles. The highest BCUT2D eigenvalue weighted by Gasteiger charge is 2.31. The molecule has 29 heavy (non-hydrogen) atoms. The normalized spacial score (nSPS) is 17.4. The first-order valence-corrected chi connectivity index (χ1v) is 10.7. The average molecular weight is 395 g/mol. The van der Waals surface area contributed by atoms with Gasteiger partial charge in [0.2, 0.25) is 0 Å². The van der Waals surface area contributed by atoms with Gasteiger partial charge in [-0.15, -0.1) is 0 Å². The van der Waals surface area contributed by atoms with Crippen molar-refractivity contribution in [2.45, 2.75) is 58.8 Å². The van der Waals surface area contributed by atoms with Crippen LogP contribution in [0.3, 0.4) is 0 Å². The van der Waals surface area contributed by atoms with Crippen LogP contribution in [0.1, 0.15) is 65.8 Å². The Morgan fingerprint density at radius 1 is 1.07 bits per heavy atom. The number of hydrogen-bond acceptors (Lipinski definition) is 3. The molecule has 4 rings (SSSR count). The van der Waals surface area contributed by atoms with E-state index in [9.17, 15) is 5.11 Å². The van der Waals surface area contributed by atoms with E-state index in [1.165, 1.54) is 6.42 Å². The summed E-state index contributed by atoms with van der Waals surface area (Å²) >= 11 is 0. The molecule has 0 amide bonds. The SMILES string of the molecule is C=C(NN1CCCCC1)c1c(C)c(-c2cc(C)cc(C)c2O)cc(C2CC2)c1F. The van der Waals surface area contributed by atoms with Gasteiger partial charge in [0, 0.05) is 24.2 Å². The molecule has 1 aliphatic carbocycles. The fourth-order valence-corrected chi connectivity index (χ4v) is 4.52. The first-order chi connectivity index (χ1) is 13.9. The summed E-state index contributed by atoms with van der Waals surface area (Å²) in [7, 11) is 0. The third kappa shape index (κ3) is 3.91. The predicted molar refractivity (Wildman–Crippen MR) is 117 cm³/mol. The Morgan fingerprint density at radius 2 is 1.76 bits per heavy atom. The van der Waals surface area contributed by atoms with Gasteiger partial charge in [0.05, 0.1) is 5.70 Å². The van der Waals surface area contributed by atoms with Crippen molar-refractivity contribution in [1.29, 1.82) is 0 Å². The van der Waals surface area contributed by atoms with E-state index in [-0.39, 0.29) is 17.5 Å². The number of hydrazine groups is 1. The zero-order valence-electron chi connectivity index (χ0n) is 17.7. The highest BCUT2D eigenvalue weighted by atomic mass is 19.1. The van der Waals surface area contributed by atoms with Gasteiger partial charge in [-0.3, -0.25) is 0 Å². The lowest BCUT2D eigenvalue weighted by molar-refractivity contribution is 0.189. The van der Waals surface area contributed by atoms with Crippen LogP contribution in [0.5, 0.6) is 5.75 Å². The van der Waals surface area contributed by atoms with Crippen molar-refractivity contribution in [2.24, 2.45) is 0 Å². The van der Waals surface area contributed by atoms with Gasteiger partial charge in [-0.2, -0.15) is 0 Å². The monoisotopic (exact) mass is 394 g/mol. The molecule has 3 nitrogen and oxygen atoms in total. The third-order valence-electron chi connectivity index (χ3n) is 6.25. The van der Waals surface area contributed by atoms with E-state index in [2.05, 4.69) is 17.0 Å². The number of aromatic hydroxyl groups is 1. The largest absolute Gasteiger partial charge is 0.507 e. The van der Waals surface area contributed by atoms with Crippen LogP contribution >= 0.6 is 0 Å². The van der Waals surface area contributed by atoms with E-state index < -0.39 is 0 Å². The Balaban J connectivity index is 1.82. The van der Waals surface area contributed by atoms with Crippen LogP contribution in [-0.2, 0) is 0 Å². The summed E-state index contributed by atoms with van der Waals surface area (Å²) in [5.74, 6) is 0.378. The maximum absolute atomic E-state index is 15.6. The number of nitrogens with one attached hydrogen (secondary N) is 1.